The van der Waals surface area contributed by atoms with Crippen molar-refractivity contribution in [3.8, 4) is 0 Å². The summed E-state index contributed by atoms with van der Waals surface area (Å²) in [5.41, 5.74) is 14.6. The van der Waals surface area contributed by atoms with E-state index in [-0.39, 0.29) is 0 Å². The van der Waals surface area contributed by atoms with Gasteiger partial charge in [-0.05, 0) is 181 Å². The topological polar surface area (TPSA) is 0 Å². The van der Waals surface area contributed by atoms with Gasteiger partial charge in [-0.3, -0.25) is 0 Å². The van der Waals surface area contributed by atoms with Crippen LogP contribution in [0.15, 0.2) is 303 Å². The Morgan fingerprint density at radius 3 is 0.562 bits per heavy atom. The third-order valence-electron chi connectivity index (χ3n) is 17.8. The van der Waals surface area contributed by atoms with Crippen molar-refractivity contribution < 1.29 is 0 Å². The third-order valence-corrected chi connectivity index (χ3v) is 17.8. The van der Waals surface area contributed by atoms with Crippen molar-refractivity contribution in [1.29, 1.82) is 0 Å². The zero-order chi connectivity index (χ0) is 62.6. The van der Waals surface area contributed by atoms with Gasteiger partial charge < -0.3 is 0 Å². The molecule has 6 unspecified atom stereocenters. The Balaban J connectivity index is 0.000000177. The Morgan fingerprint density at radius 1 is 0.157 bits per heavy atom. The van der Waals surface area contributed by atoms with Crippen LogP contribution in [0, 0.1) is 0 Å². The molecule has 0 aromatic heterocycles. The molecular weight excluding hydrogens is 1070 g/mol. The van der Waals surface area contributed by atoms with E-state index in [9.17, 15) is 0 Å². The Labute approximate surface area is 542 Å². The van der Waals surface area contributed by atoms with E-state index in [0.717, 1.165) is 0 Å². The molecule has 0 saturated heterocycles. The van der Waals surface area contributed by atoms with Crippen molar-refractivity contribution in [3.05, 3.63) is 359 Å². The van der Waals surface area contributed by atoms with Gasteiger partial charge in [-0.25, -0.2) is 0 Å². The zero-order valence-electron chi connectivity index (χ0n) is 55.4. The highest BCUT2D eigenvalue weighted by Crippen LogP contribution is 2.29. The van der Waals surface area contributed by atoms with Gasteiger partial charge in [-0.1, -0.05) is 364 Å². The van der Waals surface area contributed by atoms with E-state index in [2.05, 4.69) is 345 Å². The number of hydrogen-bond donors (Lipinski definition) is 0. The lowest BCUT2D eigenvalue weighted by molar-refractivity contribution is 0.561. The molecule has 10 aromatic rings. The second-order valence-electron chi connectivity index (χ2n) is 25.0. The first-order valence-electron chi connectivity index (χ1n) is 34.2. The molecule has 89 heavy (non-hydrogen) atoms. The number of hydrogen-bond acceptors (Lipinski definition) is 0. The molecule has 0 fully saturated rings. The van der Waals surface area contributed by atoms with Crippen LogP contribution in [-0.4, -0.2) is 0 Å². The molecule has 0 heteroatoms. The van der Waals surface area contributed by atoms with Gasteiger partial charge >= 0.3 is 0 Å². The lowest BCUT2D eigenvalue weighted by Gasteiger charge is -2.16. The Morgan fingerprint density at radius 2 is 0.326 bits per heavy atom. The summed E-state index contributed by atoms with van der Waals surface area (Å²) in [6.07, 6.45) is 21.5. The molecule has 0 bridgehead atoms. The van der Waals surface area contributed by atoms with E-state index in [1.807, 2.05) is 0 Å². The molecule has 0 spiro atoms. The van der Waals surface area contributed by atoms with E-state index < -0.39 is 0 Å². The maximum Gasteiger partial charge on any atom is -0.0190 e. The minimum absolute atomic E-state index is 0.650. The maximum absolute atomic E-state index is 2.34. The van der Waals surface area contributed by atoms with E-state index in [1.165, 1.54) is 165 Å². The molecule has 6 atom stereocenters. The smallest absolute Gasteiger partial charge is 0.0190 e. The summed E-state index contributed by atoms with van der Waals surface area (Å²) in [5.74, 6) is 3.99. The van der Waals surface area contributed by atoms with Crippen molar-refractivity contribution in [2.45, 2.75) is 186 Å². The number of benzene rings is 10. The standard InChI is InChI=1S/C19H24.2C18H22.2C17H20/c1-16(18-12-5-3-6-13-18)10-9-11-17(2)19-14-7-4-8-15-19;1-15(17-9-5-3-6-10-17)13-14-16(2)18-11-7-4-8-12-18;1-16(18-14-6-3-7-15-18)10-8-9-13-17-11-4-2-5-12-17;1-15(17-13-6-3-7-14-17)9-8-12-16-10-4-2-5-11-16;1-4-10-16(11-5-1)14-8-3-9-15-17-12-6-2-7-13-17/h3-8,12-17H,9-11H2,1-2H3;3-12,15-16H,13-14H2,1-2H3;2-7,11-12,14-16H,8-10,13H2,1H3;2-7,10-11,13-15H,8-9,12H2,1H3;1-2,4-7,10-13H,3,8-9,14-15H2. The highest BCUT2D eigenvalue weighted by atomic mass is 14.2. The molecule has 0 nitrogen and oxygen atoms in total. The quantitative estimate of drug-likeness (QED) is 0.0429. The number of rotatable bonds is 28. The van der Waals surface area contributed by atoms with Crippen LogP contribution in [0.2, 0.25) is 0 Å². The fourth-order valence-electron chi connectivity index (χ4n) is 11.7. The van der Waals surface area contributed by atoms with Crippen LogP contribution in [0.4, 0.5) is 0 Å². The van der Waals surface area contributed by atoms with Crippen LogP contribution in [0.25, 0.3) is 0 Å². The van der Waals surface area contributed by atoms with E-state index in [1.54, 1.807) is 0 Å². The molecule has 0 amide bonds. The van der Waals surface area contributed by atoms with Gasteiger partial charge in [-0.15, -0.1) is 0 Å². The van der Waals surface area contributed by atoms with Crippen molar-refractivity contribution in [3.63, 3.8) is 0 Å². The molecule has 0 aliphatic rings. The van der Waals surface area contributed by atoms with Gasteiger partial charge in [0.2, 0.25) is 0 Å². The Kier molecular flexibility index (Phi) is 34.6. The third kappa shape index (κ3) is 29.8. The first-order valence-corrected chi connectivity index (χ1v) is 34.2. The molecule has 0 radical (unpaired) electrons. The first-order chi connectivity index (χ1) is 43.7. The van der Waals surface area contributed by atoms with Gasteiger partial charge in [0.15, 0.2) is 0 Å². The minimum atomic E-state index is 0.650. The van der Waals surface area contributed by atoms with Crippen molar-refractivity contribution >= 4 is 0 Å². The SMILES string of the molecule is CC(CCC(C)c1ccccc1)c1ccccc1.CC(CCCC(C)c1ccccc1)c1ccccc1.CC(CCCCc1ccccc1)c1ccccc1.CC(CCCc1ccccc1)c1ccccc1.c1ccc(CCCCCc2ccccc2)cc1. The Hall–Kier alpha value is -7.80. The average molecular weight is 1180 g/mol. The molecule has 0 aliphatic heterocycles. The van der Waals surface area contributed by atoms with E-state index in [0.29, 0.717) is 35.5 Å². The van der Waals surface area contributed by atoms with Crippen LogP contribution < -0.4 is 0 Å². The van der Waals surface area contributed by atoms with Crippen molar-refractivity contribution in [2.24, 2.45) is 0 Å². The minimum Gasteiger partial charge on any atom is -0.0622 e. The van der Waals surface area contributed by atoms with Gasteiger partial charge in [-0.2, -0.15) is 0 Å². The molecule has 0 N–H and O–H groups in total. The largest absolute Gasteiger partial charge is 0.0622 e. The zero-order valence-corrected chi connectivity index (χ0v) is 55.4. The molecule has 10 aromatic carbocycles. The first kappa shape index (κ1) is 70.3. The molecular formula is C89H108. The predicted molar refractivity (Wildman–Crippen MR) is 390 cm³/mol. The Bertz CT molecular complexity index is 3050. The maximum atomic E-state index is 2.34. The highest BCUT2D eigenvalue weighted by Gasteiger charge is 2.11. The summed E-state index contributed by atoms with van der Waals surface area (Å²) in [6.45, 7) is 14.0. The molecule has 0 saturated carbocycles. The lowest BCUT2D eigenvalue weighted by atomic mass is 9.89. The van der Waals surface area contributed by atoms with Gasteiger partial charge in [0.1, 0.15) is 0 Å². The lowest BCUT2D eigenvalue weighted by Crippen LogP contribution is -1.98. The van der Waals surface area contributed by atoms with Gasteiger partial charge in [0, 0.05) is 0 Å². The van der Waals surface area contributed by atoms with Crippen LogP contribution in [-0.2, 0) is 25.7 Å². The summed E-state index contributed by atoms with van der Waals surface area (Å²) in [6, 6.07) is 108. The second kappa shape index (κ2) is 43.8. The fourth-order valence-corrected chi connectivity index (χ4v) is 11.7. The highest BCUT2D eigenvalue weighted by molar-refractivity contribution is 5.25. The summed E-state index contributed by atoms with van der Waals surface area (Å²) < 4.78 is 0. The van der Waals surface area contributed by atoms with Crippen LogP contribution in [0.5, 0.6) is 0 Å². The molecule has 10 rings (SSSR count). The summed E-state index contributed by atoms with van der Waals surface area (Å²) in [5, 5.41) is 0. The van der Waals surface area contributed by atoms with Crippen molar-refractivity contribution in [2.75, 3.05) is 0 Å². The number of unbranched alkanes of at least 4 members (excludes halogenated alkanes) is 3. The number of aryl methyl sites for hydroxylation is 4. The van der Waals surface area contributed by atoms with Gasteiger partial charge in [0.05, 0.1) is 0 Å². The normalized spacial score (nSPS) is 12.7. The summed E-state index contributed by atoms with van der Waals surface area (Å²) >= 11 is 0. The van der Waals surface area contributed by atoms with Crippen molar-refractivity contribution in [1.82, 2.24) is 0 Å². The van der Waals surface area contributed by atoms with Crippen LogP contribution >= 0.6 is 0 Å². The average Bonchev–Trinajstić information content (AvgIpc) is 3.66. The molecule has 0 heterocycles. The van der Waals surface area contributed by atoms with Crippen LogP contribution in [0.3, 0.4) is 0 Å². The second-order valence-corrected chi connectivity index (χ2v) is 25.0. The van der Waals surface area contributed by atoms with Gasteiger partial charge in [0.25, 0.3) is 0 Å². The fraction of sp³-hybridized carbons (Fsp3) is 0.326. The van der Waals surface area contributed by atoms with Crippen LogP contribution in [0.1, 0.15) is 216 Å². The summed E-state index contributed by atoms with van der Waals surface area (Å²) in [7, 11) is 0. The molecule has 464 valence electrons. The predicted octanol–water partition coefficient (Wildman–Crippen LogP) is 25.8. The van der Waals surface area contributed by atoms with E-state index >= 15 is 0 Å². The monoisotopic (exact) mass is 1180 g/mol. The van der Waals surface area contributed by atoms with E-state index in [4.69, 9.17) is 0 Å². The molecule has 0 aliphatic carbocycles. The summed E-state index contributed by atoms with van der Waals surface area (Å²) in [4.78, 5) is 0.